The fourth-order valence-electron chi connectivity index (χ4n) is 2.54. The number of para-hydroxylation sites is 1. The highest BCUT2D eigenvalue weighted by Crippen LogP contribution is 2.21. The van der Waals surface area contributed by atoms with E-state index in [1.54, 1.807) is 12.1 Å². The molecule has 0 aliphatic heterocycles. The minimum Gasteiger partial charge on any atom is -0.325 e. The van der Waals surface area contributed by atoms with Crippen LogP contribution in [0.4, 0.5) is 10.1 Å². The van der Waals surface area contributed by atoms with Crippen LogP contribution in [0.2, 0.25) is 5.02 Å². The van der Waals surface area contributed by atoms with Crippen molar-refractivity contribution in [3.8, 4) is 0 Å². The van der Waals surface area contributed by atoms with Gasteiger partial charge in [0.15, 0.2) is 0 Å². The lowest BCUT2D eigenvalue weighted by molar-refractivity contribution is -0.117. The highest BCUT2D eigenvalue weighted by molar-refractivity contribution is 6.31. The minimum absolute atomic E-state index is 0.120. The van der Waals surface area contributed by atoms with E-state index in [4.69, 9.17) is 11.6 Å². The molecule has 0 aliphatic carbocycles. The van der Waals surface area contributed by atoms with Crippen LogP contribution >= 0.6 is 11.6 Å². The normalized spacial score (nSPS) is 10.9. The van der Waals surface area contributed by atoms with E-state index < -0.39 is 0 Å². The molecule has 5 heteroatoms. The summed E-state index contributed by atoms with van der Waals surface area (Å²) >= 11 is 6.09. The maximum Gasteiger partial charge on any atom is 0.238 e. The molecule has 0 saturated carbocycles. The van der Waals surface area contributed by atoms with Gasteiger partial charge in [-0.2, -0.15) is 0 Å². The molecule has 0 atom stereocenters. The molecular formula is C19H22ClFN2O. The van der Waals surface area contributed by atoms with Crippen LogP contribution in [0.15, 0.2) is 42.5 Å². The fourth-order valence-corrected chi connectivity index (χ4v) is 2.77. The summed E-state index contributed by atoms with van der Waals surface area (Å²) in [6.07, 6.45) is 0.865. The van der Waals surface area contributed by atoms with Gasteiger partial charge in [0.1, 0.15) is 5.82 Å². The summed E-state index contributed by atoms with van der Waals surface area (Å²) in [5.74, 6) is -0.465. The summed E-state index contributed by atoms with van der Waals surface area (Å²) in [5.41, 5.74) is 2.23. The van der Waals surface area contributed by atoms with E-state index in [2.05, 4.69) is 5.32 Å². The number of rotatable bonds is 7. The Bertz CT molecular complexity index is 685. The topological polar surface area (TPSA) is 32.3 Å². The van der Waals surface area contributed by atoms with Crippen molar-refractivity contribution in [3.05, 3.63) is 64.4 Å². The fraction of sp³-hybridized carbons (Fsp3) is 0.316. The zero-order chi connectivity index (χ0) is 17.5. The molecule has 0 saturated heterocycles. The number of carbonyl (C=O) groups is 1. The number of carbonyl (C=O) groups excluding carboxylic acids is 1. The summed E-state index contributed by atoms with van der Waals surface area (Å²) in [5, 5.41) is 3.29. The molecule has 0 aliphatic rings. The highest BCUT2D eigenvalue weighted by atomic mass is 35.5. The number of hydrogen-bond acceptors (Lipinski definition) is 2. The zero-order valence-electron chi connectivity index (χ0n) is 14.0. The van der Waals surface area contributed by atoms with Gasteiger partial charge in [0.2, 0.25) is 5.91 Å². The lowest BCUT2D eigenvalue weighted by atomic mass is 10.2. The molecule has 0 heterocycles. The van der Waals surface area contributed by atoms with E-state index in [-0.39, 0.29) is 18.3 Å². The van der Waals surface area contributed by atoms with Gasteiger partial charge in [-0.25, -0.2) is 4.39 Å². The van der Waals surface area contributed by atoms with E-state index in [0.717, 1.165) is 17.7 Å². The molecule has 128 valence electrons. The summed E-state index contributed by atoms with van der Waals surface area (Å²) in [6.45, 7) is 5.15. The second-order valence-electron chi connectivity index (χ2n) is 5.77. The van der Waals surface area contributed by atoms with Gasteiger partial charge in [-0.05, 0) is 43.7 Å². The van der Waals surface area contributed by atoms with Gasteiger partial charge >= 0.3 is 0 Å². The number of halogens is 2. The van der Waals surface area contributed by atoms with Gasteiger partial charge in [0, 0.05) is 22.8 Å². The Morgan fingerprint density at radius 3 is 2.62 bits per heavy atom. The van der Waals surface area contributed by atoms with E-state index >= 15 is 0 Å². The zero-order valence-corrected chi connectivity index (χ0v) is 14.7. The van der Waals surface area contributed by atoms with Crippen molar-refractivity contribution in [2.75, 3.05) is 18.4 Å². The minimum atomic E-state index is -0.345. The van der Waals surface area contributed by atoms with Gasteiger partial charge in [-0.1, -0.05) is 42.8 Å². The number of nitrogens with zero attached hydrogens (tertiary/aromatic N) is 1. The molecule has 0 fully saturated rings. The molecule has 1 N–H and O–H groups in total. The lowest BCUT2D eigenvalue weighted by Crippen LogP contribution is -2.34. The molecule has 0 spiro atoms. The summed E-state index contributed by atoms with van der Waals surface area (Å²) < 4.78 is 14.0. The average Bonchev–Trinajstić information content (AvgIpc) is 2.53. The largest absolute Gasteiger partial charge is 0.325 e. The van der Waals surface area contributed by atoms with Crippen LogP contribution in [0.25, 0.3) is 0 Å². The summed E-state index contributed by atoms with van der Waals surface area (Å²) in [4.78, 5) is 14.2. The summed E-state index contributed by atoms with van der Waals surface area (Å²) in [6, 6.07) is 12.2. The monoisotopic (exact) mass is 348 g/mol. The maximum atomic E-state index is 14.0. The number of benzene rings is 2. The second-order valence-corrected chi connectivity index (χ2v) is 6.18. The average molecular weight is 349 g/mol. The van der Waals surface area contributed by atoms with Crippen LogP contribution in [-0.2, 0) is 11.3 Å². The first kappa shape index (κ1) is 18.4. The third-order valence-corrected chi connectivity index (χ3v) is 4.12. The van der Waals surface area contributed by atoms with Crippen molar-refractivity contribution in [1.29, 1.82) is 0 Å². The van der Waals surface area contributed by atoms with Crippen LogP contribution < -0.4 is 5.32 Å². The molecule has 0 unspecified atom stereocenters. The molecular weight excluding hydrogens is 327 g/mol. The van der Waals surface area contributed by atoms with Gasteiger partial charge in [-0.3, -0.25) is 9.69 Å². The van der Waals surface area contributed by atoms with Crippen LogP contribution in [-0.4, -0.2) is 23.9 Å². The Hall–Kier alpha value is -1.91. The SMILES string of the molecule is CCCN(CC(=O)Nc1ccccc1C)Cc1c(F)cccc1Cl. The van der Waals surface area contributed by atoms with Crippen LogP contribution in [0.5, 0.6) is 0 Å². The van der Waals surface area contributed by atoms with Gasteiger partial charge in [-0.15, -0.1) is 0 Å². The molecule has 1 amide bonds. The Morgan fingerprint density at radius 2 is 1.96 bits per heavy atom. The molecule has 3 nitrogen and oxygen atoms in total. The standard InChI is InChI=1S/C19H22ClFN2O/c1-3-11-23(12-15-16(20)8-6-9-17(15)21)13-19(24)22-18-10-5-4-7-14(18)2/h4-10H,3,11-13H2,1-2H3,(H,22,24). The van der Waals surface area contributed by atoms with Crippen molar-refractivity contribution in [3.63, 3.8) is 0 Å². The van der Waals surface area contributed by atoms with Crippen LogP contribution in [0.3, 0.4) is 0 Å². The number of anilines is 1. The first-order valence-corrected chi connectivity index (χ1v) is 8.39. The third-order valence-electron chi connectivity index (χ3n) is 3.77. The summed E-state index contributed by atoms with van der Waals surface area (Å²) in [7, 11) is 0. The third kappa shape index (κ3) is 5.05. The van der Waals surface area contributed by atoms with Gasteiger partial charge in [0.05, 0.1) is 6.54 Å². The molecule has 0 radical (unpaired) electrons. The molecule has 0 aromatic heterocycles. The number of amides is 1. The van der Waals surface area contributed by atoms with Gasteiger partial charge in [0.25, 0.3) is 0 Å². The number of hydrogen-bond donors (Lipinski definition) is 1. The molecule has 0 bridgehead atoms. The van der Waals surface area contributed by atoms with Crippen molar-refractivity contribution in [2.45, 2.75) is 26.8 Å². The van der Waals surface area contributed by atoms with Crippen molar-refractivity contribution in [2.24, 2.45) is 0 Å². The smallest absolute Gasteiger partial charge is 0.238 e. The van der Waals surface area contributed by atoms with Gasteiger partial charge < -0.3 is 5.32 Å². The number of aryl methyl sites for hydroxylation is 1. The Balaban J connectivity index is 2.05. The molecule has 2 rings (SSSR count). The quantitative estimate of drug-likeness (QED) is 0.790. The van der Waals surface area contributed by atoms with E-state index in [1.165, 1.54) is 6.07 Å². The lowest BCUT2D eigenvalue weighted by Gasteiger charge is -2.22. The highest BCUT2D eigenvalue weighted by Gasteiger charge is 2.15. The van der Waals surface area contributed by atoms with E-state index in [0.29, 0.717) is 23.7 Å². The predicted molar refractivity (Wildman–Crippen MR) is 96.8 cm³/mol. The first-order chi connectivity index (χ1) is 11.5. The Morgan fingerprint density at radius 1 is 1.21 bits per heavy atom. The van der Waals surface area contributed by atoms with Crippen LogP contribution in [0, 0.1) is 12.7 Å². The van der Waals surface area contributed by atoms with Crippen LogP contribution in [0.1, 0.15) is 24.5 Å². The second kappa shape index (κ2) is 8.81. The van der Waals surface area contributed by atoms with Crippen molar-refractivity contribution >= 4 is 23.2 Å². The van der Waals surface area contributed by atoms with E-state index in [1.807, 2.05) is 43.0 Å². The maximum absolute atomic E-state index is 14.0. The molecule has 2 aromatic carbocycles. The molecule has 24 heavy (non-hydrogen) atoms. The first-order valence-electron chi connectivity index (χ1n) is 8.02. The van der Waals surface area contributed by atoms with Crippen molar-refractivity contribution in [1.82, 2.24) is 4.90 Å². The Kier molecular flexibility index (Phi) is 6.76. The predicted octanol–water partition coefficient (Wildman–Crippen LogP) is 4.64. The Labute approximate surface area is 147 Å². The molecule has 2 aromatic rings. The van der Waals surface area contributed by atoms with Crippen molar-refractivity contribution < 1.29 is 9.18 Å². The number of nitrogens with one attached hydrogen (secondary N) is 1. The van der Waals surface area contributed by atoms with E-state index in [9.17, 15) is 9.18 Å².